The highest BCUT2D eigenvalue weighted by Crippen LogP contribution is 2.52. The van der Waals surface area contributed by atoms with Gasteiger partial charge in [-0.05, 0) is 84.4 Å². The van der Waals surface area contributed by atoms with Gasteiger partial charge in [0.15, 0.2) is 0 Å². The highest BCUT2D eigenvalue weighted by atomic mass is 19.1. The molecule has 0 unspecified atom stereocenters. The van der Waals surface area contributed by atoms with Gasteiger partial charge >= 0.3 is 6.09 Å². The zero-order valence-corrected chi connectivity index (χ0v) is 31.2. The molecule has 3 aliphatic rings. The van der Waals surface area contributed by atoms with E-state index in [1.54, 1.807) is 6.07 Å². The van der Waals surface area contributed by atoms with Gasteiger partial charge in [-0.3, -0.25) is 0 Å². The second-order valence-corrected chi connectivity index (χ2v) is 15.3. The molecule has 1 saturated carbocycles. The Morgan fingerprint density at radius 1 is 0.727 bits per heavy atom. The van der Waals surface area contributed by atoms with Gasteiger partial charge in [0.25, 0.3) is 0 Å². The number of amides is 1. The number of anilines is 1. The molecule has 8 rings (SSSR count). The Labute approximate surface area is 323 Å². The lowest BCUT2D eigenvalue weighted by Gasteiger charge is -2.56. The van der Waals surface area contributed by atoms with Gasteiger partial charge < -0.3 is 29.3 Å². The van der Waals surface area contributed by atoms with E-state index in [-0.39, 0.29) is 24.6 Å². The molecule has 5 aromatic rings. The number of rotatable bonds is 12. The maximum atomic E-state index is 15.9. The summed E-state index contributed by atoms with van der Waals surface area (Å²) in [5.41, 5.74) is 5.47. The number of benzene rings is 4. The highest BCUT2D eigenvalue weighted by molar-refractivity contribution is 5.71. The van der Waals surface area contributed by atoms with Crippen molar-refractivity contribution in [2.75, 3.05) is 31.1 Å². The van der Waals surface area contributed by atoms with E-state index >= 15 is 4.39 Å². The van der Waals surface area contributed by atoms with E-state index in [1.165, 1.54) is 12.8 Å². The van der Waals surface area contributed by atoms with Crippen molar-refractivity contribution >= 4 is 11.8 Å². The van der Waals surface area contributed by atoms with Crippen molar-refractivity contribution in [1.82, 2.24) is 15.2 Å². The standard InChI is InChI=1S/C46H49FN4O4/c47-41-28-37(40-17-19-43(53-31-34-10-4-1-5-11-34)49-44(40)54-32-35-12-6-2-7-13-35)16-18-42(41)51-26-22-46(23-27-51)29-39(30-46)50-24-20-38(21-25-50)48-45(52)55-33-36-14-8-3-9-15-36/h1-19,28,38-39H,20-27,29-33H2,(H,48,52). The number of likely N-dealkylation sites (tertiary alicyclic amines) is 1. The van der Waals surface area contributed by atoms with Crippen molar-refractivity contribution < 1.29 is 23.4 Å². The number of ether oxygens (including phenoxy) is 3. The summed E-state index contributed by atoms with van der Waals surface area (Å²) in [5.74, 6) is 0.619. The highest BCUT2D eigenvalue weighted by Gasteiger charge is 2.48. The number of nitrogens with one attached hydrogen (secondary N) is 1. The predicted octanol–water partition coefficient (Wildman–Crippen LogP) is 9.19. The first-order chi connectivity index (χ1) is 27.0. The summed E-state index contributed by atoms with van der Waals surface area (Å²) in [6.45, 7) is 4.69. The van der Waals surface area contributed by atoms with E-state index < -0.39 is 0 Å². The lowest BCUT2D eigenvalue weighted by atomic mass is 9.59. The van der Waals surface area contributed by atoms with Gasteiger partial charge in [0, 0.05) is 49.9 Å². The average molecular weight is 741 g/mol. The molecular formula is C46H49FN4O4. The fourth-order valence-electron chi connectivity index (χ4n) is 8.39. The molecular weight excluding hydrogens is 692 g/mol. The minimum Gasteiger partial charge on any atom is -0.473 e. The Hall–Kier alpha value is -5.41. The Bertz CT molecular complexity index is 2010. The molecule has 1 amide bonds. The van der Waals surface area contributed by atoms with Crippen molar-refractivity contribution in [1.29, 1.82) is 0 Å². The molecule has 3 fully saturated rings. The number of carbonyl (C=O) groups excluding carboxylic acids is 1. The molecule has 0 radical (unpaired) electrons. The molecule has 2 aliphatic heterocycles. The summed E-state index contributed by atoms with van der Waals surface area (Å²) in [5, 5.41) is 3.07. The van der Waals surface area contributed by atoms with Gasteiger partial charge in [-0.25, -0.2) is 9.18 Å². The van der Waals surface area contributed by atoms with Crippen LogP contribution in [-0.2, 0) is 24.6 Å². The van der Waals surface area contributed by atoms with E-state index in [0.29, 0.717) is 53.2 Å². The second-order valence-electron chi connectivity index (χ2n) is 15.3. The number of carbonyl (C=O) groups is 1. The van der Waals surface area contributed by atoms with Gasteiger partial charge in [-0.15, -0.1) is 0 Å². The zero-order chi connectivity index (χ0) is 37.5. The van der Waals surface area contributed by atoms with Crippen LogP contribution in [-0.4, -0.2) is 54.2 Å². The quantitative estimate of drug-likeness (QED) is 0.137. The number of hydrogen-bond donors (Lipinski definition) is 1. The molecule has 9 heteroatoms. The predicted molar refractivity (Wildman–Crippen MR) is 212 cm³/mol. The fourth-order valence-corrected chi connectivity index (χ4v) is 8.39. The summed E-state index contributed by atoms with van der Waals surface area (Å²) < 4.78 is 33.6. The van der Waals surface area contributed by atoms with E-state index in [9.17, 15) is 4.79 Å². The van der Waals surface area contributed by atoms with Crippen molar-refractivity contribution in [3.05, 3.63) is 144 Å². The molecule has 1 aliphatic carbocycles. The molecule has 2 saturated heterocycles. The second kappa shape index (κ2) is 16.9. The molecule has 8 nitrogen and oxygen atoms in total. The first-order valence-corrected chi connectivity index (χ1v) is 19.6. The van der Waals surface area contributed by atoms with E-state index in [4.69, 9.17) is 19.2 Å². The zero-order valence-electron chi connectivity index (χ0n) is 31.2. The van der Waals surface area contributed by atoms with Crippen LogP contribution in [0.2, 0.25) is 0 Å². The van der Waals surface area contributed by atoms with Crippen LogP contribution in [0.4, 0.5) is 14.9 Å². The average Bonchev–Trinajstić information content (AvgIpc) is 3.22. The third-order valence-corrected chi connectivity index (χ3v) is 11.6. The Morgan fingerprint density at radius 2 is 1.33 bits per heavy atom. The van der Waals surface area contributed by atoms with Crippen molar-refractivity contribution in [3.8, 4) is 22.9 Å². The van der Waals surface area contributed by atoms with Gasteiger partial charge in [0.05, 0.1) is 5.69 Å². The number of alkyl carbamates (subject to hydrolysis) is 1. The summed E-state index contributed by atoms with van der Waals surface area (Å²) >= 11 is 0. The van der Waals surface area contributed by atoms with Crippen LogP contribution in [0, 0.1) is 11.2 Å². The van der Waals surface area contributed by atoms with Crippen LogP contribution >= 0.6 is 0 Å². The molecule has 1 N–H and O–H groups in total. The van der Waals surface area contributed by atoms with E-state index in [2.05, 4.69) is 15.1 Å². The molecule has 1 aromatic heterocycles. The topological polar surface area (TPSA) is 76.2 Å². The monoisotopic (exact) mass is 740 g/mol. The van der Waals surface area contributed by atoms with Crippen LogP contribution in [0.5, 0.6) is 11.8 Å². The molecule has 4 aromatic carbocycles. The molecule has 0 bridgehead atoms. The number of piperidine rings is 2. The SMILES string of the molecule is O=C(NC1CCN(C2CC3(CCN(c4ccc(-c5ccc(OCc6ccccc6)nc5OCc5ccccc5)cc4F)CC3)C2)CC1)OCc1ccccc1. The van der Waals surface area contributed by atoms with Crippen LogP contribution in [0.3, 0.4) is 0 Å². The third-order valence-electron chi connectivity index (χ3n) is 11.6. The largest absolute Gasteiger partial charge is 0.473 e. The van der Waals surface area contributed by atoms with E-state index in [0.717, 1.165) is 68.6 Å². The van der Waals surface area contributed by atoms with Crippen LogP contribution < -0.4 is 19.7 Å². The molecule has 0 atom stereocenters. The van der Waals surface area contributed by atoms with Crippen LogP contribution in [0.25, 0.3) is 11.1 Å². The maximum Gasteiger partial charge on any atom is 0.407 e. The number of nitrogens with zero attached hydrogens (tertiary/aromatic N) is 3. The Balaban J connectivity index is 0.835. The van der Waals surface area contributed by atoms with Gasteiger partial charge in [0.1, 0.15) is 25.6 Å². The fraction of sp³-hybridized carbons (Fsp3) is 0.348. The Morgan fingerprint density at radius 3 is 1.95 bits per heavy atom. The first-order valence-electron chi connectivity index (χ1n) is 19.6. The Kier molecular flexibility index (Phi) is 11.3. The van der Waals surface area contributed by atoms with Crippen molar-refractivity contribution in [2.24, 2.45) is 5.41 Å². The van der Waals surface area contributed by atoms with Gasteiger partial charge in [-0.2, -0.15) is 4.98 Å². The summed E-state index contributed by atoms with van der Waals surface area (Å²) in [7, 11) is 0. The molecule has 1 spiro atoms. The number of aromatic nitrogens is 1. The van der Waals surface area contributed by atoms with Crippen molar-refractivity contribution in [2.45, 2.75) is 70.4 Å². The van der Waals surface area contributed by atoms with Gasteiger partial charge in [-0.1, -0.05) is 97.1 Å². The molecule has 3 heterocycles. The minimum atomic E-state index is -0.337. The van der Waals surface area contributed by atoms with Gasteiger partial charge in [0.2, 0.25) is 11.8 Å². The van der Waals surface area contributed by atoms with Crippen LogP contribution in [0.15, 0.2) is 121 Å². The number of hydrogen-bond acceptors (Lipinski definition) is 7. The third kappa shape index (κ3) is 9.11. The summed E-state index contributed by atoms with van der Waals surface area (Å²) in [6, 6.07) is 39.6. The minimum absolute atomic E-state index is 0.154. The van der Waals surface area contributed by atoms with Crippen molar-refractivity contribution in [3.63, 3.8) is 0 Å². The van der Waals surface area contributed by atoms with E-state index in [1.807, 2.05) is 115 Å². The number of pyridine rings is 1. The maximum absolute atomic E-state index is 15.9. The molecule has 284 valence electrons. The normalized spacial score (nSPS) is 17.4. The van der Waals surface area contributed by atoms with Crippen LogP contribution in [0.1, 0.15) is 55.2 Å². The smallest absolute Gasteiger partial charge is 0.407 e. The summed E-state index contributed by atoms with van der Waals surface area (Å²) in [6.07, 6.45) is 6.08. The first kappa shape index (κ1) is 36.6. The number of halogens is 1. The lowest BCUT2D eigenvalue weighted by molar-refractivity contribution is -0.0267. The molecule has 55 heavy (non-hydrogen) atoms. The summed E-state index contributed by atoms with van der Waals surface area (Å²) in [4.78, 5) is 21.9. The lowest BCUT2D eigenvalue weighted by Crippen LogP contribution is -2.57.